The molecule has 2 rings (SSSR count). The van der Waals surface area contributed by atoms with E-state index < -0.39 is 5.97 Å². The standard InChI is InChI=1S/C15H10Cl2O3S/c16-14-9(6-8-13(19)20)5-7-12(15(14)17)21-11-4-2-1-3-10(11)18/h1-8,18H,(H,19,20). The van der Waals surface area contributed by atoms with E-state index in [0.717, 1.165) is 6.08 Å². The van der Waals surface area contributed by atoms with E-state index in [1.54, 1.807) is 30.3 Å². The molecule has 2 aromatic carbocycles. The summed E-state index contributed by atoms with van der Waals surface area (Å²) in [6.07, 6.45) is 2.37. The molecule has 0 aromatic heterocycles. The number of rotatable bonds is 4. The molecule has 0 aliphatic heterocycles. The van der Waals surface area contributed by atoms with Gasteiger partial charge in [0.2, 0.25) is 0 Å². The van der Waals surface area contributed by atoms with Gasteiger partial charge in [0, 0.05) is 11.0 Å². The monoisotopic (exact) mass is 340 g/mol. The van der Waals surface area contributed by atoms with Gasteiger partial charge >= 0.3 is 5.97 Å². The summed E-state index contributed by atoms with van der Waals surface area (Å²) in [5.74, 6) is -0.903. The van der Waals surface area contributed by atoms with Crippen molar-refractivity contribution in [3.63, 3.8) is 0 Å². The highest BCUT2D eigenvalue weighted by atomic mass is 35.5. The Morgan fingerprint density at radius 3 is 2.43 bits per heavy atom. The van der Waals surface area contributed by atoms with Gasteiger partial charge in [-0.05, 0) is 29.8 Å². The van der Waals surface area contributed by atoms with Crippen molar-refractivity contribution in [2.75, 3.05) is 0 Å². The third-order valence-electron chi connectivity index (χ3n) is 2.57. The summed E-state index contributed by atoms with van der Waals surface area (Å²) < 4.78 is 0. The number of hydrogen-bond donors (Lipinski definition) is 2. The lowest BCUT2D eigenvalue weighted by atomic mass is 10.2. The second-order valence-electron chi connectivity index (χ2n) is 4.02. The van der Waals surface area contributed by atoms with Crippen LogP contribution in [0.25, 0.3) is 6.08 Å². The Kier molecular flexibility index (Phi) is 5.17. The summed E-state index contributed by atoms with van der Waals surface area (Å²) in [6.45, 7) is 0. The number of carboxylic acids is 1. The van der Waals surface area contributed by atoms with Crippen LogP contribution in [0, 0.1) is 0 Å². The van der Waals surface area contributed by atoms with Gasteiger partial charge in [-0.25, -0.2) is 4.79 Å². The van der Waals surface area contributed by atoms with Crippen molar-refractivity contribution in [1.82, 2.24) is 0 Å². The van der Waals surface area contributed by atoms with E-state index in [9.17, 15) is 9.90 Å². The molecule has 0 saturated carbocycles. The Bertz CT molecular complexity index is 714. The molecule has 21 heavy (non-hydrogen) atoms. The maximum Gasteiger partial charge on any atom is 0.328 e. The number of benzene rings is 2. The molecule has 0 bridgehead atoms. The van der Waals surface area contributed by atoms with Crippen LogP contribution >= 0.6 is 35.0 Å². The summed E-state index contributed by atoms with van der Waals surface area (Å²) in [5.41, 5.74) is 0.519. The van der Waals surface area contributed by atoms with Crippen LogP contribution in [0.4, 0.5) is 0 Å². The molecule has 2 aromatic rings. The van der Waals surface area contributed by atoms with Crippen LogP contribution in [0.3, 0.4) is 0 Å². The van der Waals surface area contributed by atoms with Crippen LogP contribution in [0.2, 0.25) is 10.0 Å². The minimum absolute atomic E-state index is 0.157. The maximum atomic E-state index is 10.5. The van der Waals surface area contributed by atoms with Crippen molar-refractivity contribution in [2.45, 2.75) is 9.79 Å². The van der Waals surface area contributed by atoms with E-state index in [2.05, 4.69) is 0 Å². The largest absolute Gasteiger partial charge is 0.507 e. The van der Waals surface area contributed by atoms with Crippen LogP contribution in [0.1, 0.15) is 5.56 Å². The number of carbonyl (C=O) groups is 1. The minimum Gasteiger partial charge on any atom is -0.507 e. The normalized spacial score (nSPS) is 11.0. The number of phenols is 1. The zero-order valence-electron chi connectivity index (χ0n) is 10.6. The quantitative estimate of drug-likeness (QED) is 0.773. The molecule has 0 amide bonds. The fraction of sp³-hybridized carbons (Fsp3) is 0. The topological polar surface area (TPSA) is 57.5 Å². The number of phenolic OH excluding ortho intramolecular Hbond substituents is 1. The average Bonchev–Trinajstić information content (AvgIpc) is 2.45. The van der Waals surface area contributed by atoms with Gasteiger partial charge in [0.15, 0.2) is 0 Å². The van der Waals surface area contributed by atoms with Crippen LogP contribution in [-0.2, 0) is 4.79 Å². The smallest absolute Gasteiger partial charge is 0.328 e. The first-order valence-electron chi connectivity index (χ1n) is 5.84. The first kappa shape index (κ1) is 15.8. The number of aromatic hydroxyl groups is 1. The van der Waals surface area contributed by atoms with Crippen LogP contribution in [-0.4, -0.2) is 16.2 Å². The molecule has 3 nitrogen and oxygen atoms in total. The fourth-order valence-corrected chi connectivity index (χ4v) is 3.03. The molecule has 0 aliphatic carbocycles. The Hall–Kier alpha value is -1.62. The number of aliphatic carboxylic acids is 1. The molecule has 0 saturated heterocycles. The summed E-state index contributed by atoms with van der Waals surface area (Å²) in [7, 11) is 0. The second kappa shape index (κ2) is 6.89. The maximum absolute atomic E-state index is 10.5. The van der Waals surface area contributed by atoms with E-state index in [0.29, 0.717) is 20.4 Å². The molecule has 0 unspecified atom stereocenters. The SMILES string of the molecule is O=C(O)C=Cc1ccc(Sc2ccccc2O)c(Cl)c1Cl. The predicted octanol–water partition coefficient (Wildman–Crippen LogP) is 4.95. The number of halogens is 2. The molecule has 0 heterocycles. The van der Waals surface area contributed by atoms with Gasteiger partial charge in [-0.3, -0.25) is 0 Å². The van der Waals surface area contributed by atoms with Crippen LogP contribution in [0.5, 0.6) is 5.75 Å². The number of para-hydroxylation sites is 1. The van der Waals surface area contributed by atoms with Gasteiger partial charge in [-0.1, -0.05) is 53.2 Å². The Labute approximate surface area is 135 Å². The zero-order chi connectivity index (χ0) is 15.4. The first-order valence-corrected chi connectivity index (χ1v) is 7.41. The third-order valence-corrected chi connectivity index (χ3v) is 4.70. The highest BCUT2D eigenvalue weighted by molar-refractivity contribution is 7.99. The van der Waals surface area contributed by atoms with Crippen molar-refractivity contribution in [1.29, 1.82) is 0 Å². The molecular formula is C15H10Cl2O3S. The summed E-state index contributed by atoms with van der Waals surface area (Å²) in [6, 6.07) is 10.3. The van der Waals surface area contributed by atoms with E-state index in [1.807, 2.05) is 6.07 Å². The first-order chi connectivity index (χ1) is 9.99. The van der Waals surface area contributed by atoms with Gasteiger partial charge in [-0.2, -0.15) is 0 Å². The van der Waals surface area contributed by atoms with Gasteiger partial charge < -0.3 is 10.2 Å². The summed E-state index contributed by atoms with van der Waals surface area (Å²) in [5, 5.41) is 19.0. The zero-order valence-corrected chi connectivity index (χ0v) is 12.9. The molecule has 0 aliphatic rings. The van der Waals surface area contributed by atoms with Crippen molar-refractivity contribution < 1.29 is 15.0 Å². The molecule has 0 atom stereocenters. The molecule has 2 N–H and O–H groups in total. The van der Waals surface area contributed by atoms with Gasteiger partial charge in [-0.15, -0.1) is 0 Å². The van der Waals surface area contributed by atoms with Gasteiger partial charge in [0.25, 0.3) is 0 Å². The summed E-state index contributed by atoms with van der Waals surface area (Å²) in [4.78, 5) is 11.9. The fourth-order valence-electron chi connectivity index (χ4n) is 1.58. The lowest BCUT2D eigenvalue weighted by Gasteiger charge is -2.09. The van der Waals surface area contributed by atoms with E-state index in [1.165, 1.54) is 17.8 Å². The van der Waals surface area contributed by atoms with Gasteiger partial charge in [0.05, 0.1) is 14.9 Å². The predicted molar refractivity (Wildman–Crippen MR) is 85.4 cm³/mol. The molecule has 108 valence electrons. The highest BCUT2D eigenvalue weighted by Crippen LogP contribution is 2.41. The van der Waals surface area contributed by atoms with Crippen molar-refractivity contribution in [3.05, 3.63) is 58.1 Å². The lowest BCUT2D eigenvalue weighted by Crippen LogP contribution is -1.87. The Morgan fingerprint density at radius 2 is 1.76 bits per heavy atom. The van der Waals surface area contributed by atoms with Gasteiger partial charge in [0.1, 0.15) is 5.75 Å². The molecule has 0 spiro atoms. The van der Waals surface area contributed by atoms with Crippen LogP contribution in [0.15, 0.2) is 52.3 Å². The highest BCUT2D eigenvalue weighted by Gasteiger charge is 2.11. The molecule has 0 fully saturated rings. The van der Waals surface area contributed by atoms with E-state index in [-0.39, 0.29) is 10.8 Å². The number of hydrogen-bond acceptors (Lipinski definition) is 3. The average molecular weight is 341 g/mol. The Balaban J connectivity index is 2.33. The third kappa shape index (κ3) is 3.94. The van der Waals surface area contributed by atoms with Crippen molar-refractivity contribution >= 4 is 47.0 Å². The Morgan fingerprint density at radius 1 is 1.05 bits per heavy atom. The molecule has 0 radical (unpaired) electrons. The van der Waals surface area contributed by atoms with Crippen LogP contribution < -0.4 is 0 Å². The summed E-state index contributed by atoms with van der Waals surface area (Å²) >= 11 is 13.6. The lowest BCUT2D eigenvalue weighted by molar-refractivity contribution is -0.131. The van der Waals surface area contributed by atoms with Crippen molar-refractivity contribution in [3.8, 4) is 5.75 Å². The van der Waals surface area contributed by atoms with E-state index in [4.69, 9.17) is 28.3 Å². The number of carboxylic acid groups (broad SMARTS) is 1. The second-order valence-corrected chi connectivity index (χ2v) is 5.86. The molecular weight excluding hydrogens is 331 g/mol. The van der Waals surface area contributed by atoms with Crippen molar-refractivity contribution in [2.24, 2.45) is 0 Å². The minimum atomic E-state index is -1.06. The molecule has 6 heteroatoms. The van der Waals surface area contributed by atoms with E-state index >= 15 is 0 Å².